The Balaban J connectivity index is 2.07. The molecule has 1 aromatic rings. The van der Waals surface area contributed by atoms with Gasteiger partial charge in [-0.15, -0.1) is 11.3 Å². The van der Waals surface area contributed by atoms with Gasteiger partial charge < -0.3 is 5.32 Å². The molecule has 1 unspecified atom stereocenters. The molecule has 2 heterocycles. The van der Waals surface area contributed by atoms with E-state index >= 15 is 0 Å². The smallest absolute Gasteiger partial charge is 0.252 e. The highest BCUT2D eigenvalue weighted by atomic mass is 32.2. The third-order valence-electron chi connectivity index (χ3n) is 4.09. The largest absolute Gasteiger partial charge is 0.315 e. The first-order chi connectivity index (χ1) is 10.1. The van der Waals surface area contributed by atoms with Gasteiger partial charge in [-0.1, -0.05) is 19.8 Å². The van der Waals surface area contributed by atoms with Crippen LogP contribution >= 0.6 is 11.3 Å². The van der Waals surface area contributed by atoms with Gasteiger partial charge in [-0.2, -0.15) is 4.31 Å². The van der Waals surface area contributed by atoms with Crippen molar-refractivity contribution < 1.29 is 8.42 Å². The molecule has 1 N–H and O–H groups in total. The minimum absolute atomic E-state index is 0.488. The average molecular weight is 331 g/mol. The predicted octanol–water partition coefficient (Wildman–Crippen LogP) is 3.06. The molecule has 0 saturated carbocycles. The SMILES string of the molecule is CCCC1CCCN(S(=O)(=O)c2ccc(CNC)s2)CC1. The van der Waals surface area contributed by atoms with Gasteiger partial charge in [0.05, 0.1) is 0 Å². The molecular formula is C15H26N2O2S2. The van der Waals surface area contributed by atoms with Crippen LogP contribution in [0.2, 0.25) is 0 Å². The lowest BCUT2D eigenvalue weighted by Crippen LogP contribution is -2.31. The zero-order chi connectivity index (χ0) is 15.3. The molecule has 1 aliphatic heterocycles. The van der Waals surface area contributed by atoms with Crippen LogP contribution in [-0.4, -0.2) is 32.9 Å². The van der Waals surface area contributed by atoms with E-state index in [1.54, 1.807) is 10.4 Å². The van der Waals surface area contributed by atoms with E-state index in [-0.39, 0.29) is 0 Å². The Hall–Kier alpha value is -0.430. The van der Waals surface area contributed by atoms with Gasteiger partial charge in [-0.3, -0.25) is 0 Å². The van der Waals surface area contributed by atoms with Crippen LogP contribution in [-0.2, 0) is 16.6 Å². The van der Waals surface area contributed by atoms with Crippen LogP contribution in [0.5, 0.6) is 0 Å². The van der Waals surface area contributed by atoms with E-state index in [2.05, 4.69) is 12.2 Å². The lowest BCUT2D eigenvalue weighted by molar-refractivity contribution is 0.400. The van der Waals surface area contributed by atoms with Gasteiger partial charge in [0, 0.05) is 24.5 Å². The van der Waals surface area contributed by atoms with Crippen molar-refractivity contribution in [2.75, 3.05) is 20.1 Å². The van der Waals surface area contributed by atoms with Crippen molar-refractivity contribution >= 4 is 21.4 Å². The quantitative estimate of drug-likeness (QED) is 0.872. The Kier molecular flexibility index (Phi) is 6.22. The number of nitrogens with one attached hydrogen (secondary N) is 1. The number of rotatable bonds is 6. The number of hydrogen-bond donors (Lipinski definition) is 1. The molecular weight excluding hydrogens is 304 g/mol. The third kappa shape index (κ3) is 4.28. The molecule has 1 aliphatic rings. The fraction of sp³-hybridized carbons (Fsp3) is 0.733. The van der Waals surface area contributed by atoms with Crippen LogP contribution in [0.25, 0.3) is 0 Å². The molecule has 0 amide bonds. The van der Waals surface area contributed by atoms with E-state index < -0.39 is 10.0 Å². The molecule has 1 aromatic heterocycles. The molecule has 120 valence electrons. The summed E-state index contributed by atoms with van der Waals surface area (Å²) in [5.41, 5.74) is 0. The summed E-state index contributed by atoms with van der Waals surface area (Å²) in [5.74, 6) is 0.693. The zero-order valence-electron chi connectivity index (χ0n) is 13.0. The average Bonchev–Trinajstić information content (AvgIpc) is 2.79. The molecule has 2 rings (SSSR count). The van der Waals surface area contributed by atoms with E-state index in [4.69, 9.17) is 0 Å². The van der Waals surface area contributed by atoms with Crippen molar-refractivity contribution in [3.8, 4) is 0 Å². The Morgan fingerprint density at radius 1 is 1.33 bits per heavy atom. The first kappa shape index (κ1) is 16.9. The highest BCUT2D eigenvalue weighted by molar-refractivity contribution is 7.91. The topological polar surface area (TPSA) is 49.4 Å². The van der Waals surface area contributed by atoms with Gasteiger partial charge >= 0.3 is 0 Å². The van der Waals surface area contributed by atoms with Gasteiger partial charge in [0.2, 0.25) is 0 Å². The summed E-state index contributed by atoms with van der Waals surface area (Å²) in [7, 11) is -1.43. The van der Waals surface area contributed by atoms with E-state index in [1.807, 2.05) is 13.1 Å². The van der Waals surface area contributed by atoms with Crippen LogP contribution in [0.3, 0.4) is 0 Å². The molecule has 1 fully saturated rings. The monoisotopic (exact) mass is 330 g/mol. The molecule has 0 aromatic carbocycles. The Morgan fingerprint density at radius 2 is 2.14 bits per heavy atom. The summed E-state index contributed by atoms with van der Waals surface area (Å²) < 4.78 is 27.7. The van der Waals surface area contributed by atoms with Crippen LogP contribution in [0.4, 0.5) is 0 Å². The maximum atomic E-state index is 12.7. The van der Waals surface area contributed by atoms with Gasteiger partial charge in [0.25, 0.3) is 10.0 Å². The highest BCUT2D eigenvalue weighted by Crippen LogP contribution is 2.29. The normalized spacial score (nSPS) is 21.3. The van der Waals surface area contributed by atoms with E-state index in [1.165, 1.54) is 24.2 Å². The summed E-state index contributed by atoms with van der Waals surface area (Å²) >= 11 is 1.38. The van der Waals surface area contributed by atoms with Crippen molar-refractivity contribution in [1.29, 1.82) is 0 Å². The summed E-state index contributed by atoms with van der Waals surface area (Å²) in [4.78, 5) is 1.06. The number of hydrogen-bond acceptors (Lipinski definition) is 4. The molecule has 6 heteroatoms. The Morgan fingerprint density at radius 3 is 2.86 bits per heavy atom. The first-order valence-corrected chi connectivity index (χ1v) is 10.1. The number of thiophene rings is 1. The first-order valence-electron chi connectivity index (χ1n) is 7.81. The second-order valence-corrected chi connectivity index (χ2v) is 9.07. The molecule has 0 radical (unpaired) electrons. The van der Waals surface area contributed by atoms with Gasteiger partial charge in [-0.05, 0) is 44.4 Å². The summed E-state index contributed by atoms with van der Waals surface area (Å²) in [6, 6.07) is 3.66. The van der Waals surface area contributed by atoms with Crippen LogP contribution in [0.15, 0.2) is 16.3 Å². The predicted molar refractivity (Wildman–Crippen MR) is 88.1 cm³/mol. The molecule has 4 nitrogen and oxygen atoms in total. The second-order valence-electron chi connectivity index (χ2n) is 5.74. The van der Waals surface area contributed by atoms with E-state index in [0.29, 0.717) is 23.2 Å². The maximum Gasteiger partial charge on any atom is 0.252 e. The van der Waals surface area contributed by atoms with Gasteiger partial charge in [0.15, 0.2) is 0 Å². The molecule has 1 saturated heterocycles. The van der Waals surface area contributed by atoms with E-state index in [0.717, 1.165) is 30.7 Å². The summed E-state index contributed by atoms with van der Waals surface area (Å²) in [6.07, 6.45) is 5.56. The van der Waals surface area contributed by atoms with Crippen molar-refractivity contribution in [3.63, 3.8) is 0 Å². The van der Waals surface area contributed by atoms with Crippen molar-refractivity contribution in [1.82, 2.24) is 9.62 Å². The van der Waals surface area contributed by atoms with E-state index in [9.17, 15) is 8.42 Å². The highest BCUT2D eigenvalue weighted by Gasteiger charge is 2.28. The molecule has 0 aliphatic carbocycles. The summed E-state index contributed by atoms with van der Waals surface area (Å²) in [6.45, 7) is 4.27. The second kappa shape index (κ2) is 7.72. The standard InChI is InChI=1S/C15H26N2O2S2/c1-3-5-13-6-4-10-17(11-9-13)21(18,19)15-8-7-14(20-15)12-16-2/h7-8,13,16H,3-6,9-12H2,1-2H3. The molecule has 0 spiro atoms. The van der Waals surface area contributed by atoms with Crippen LogP contribution in [0.1, 0.15) is 43.9 Å². The van der Waals surface area contributed by atoms with Crippen molar-refractivity contribution in [2.45, 2.75) is 49.8 Å². The number of nitrogens with zero attached hydrogens (tertiary/aromatic N) is 1. The minimum Gasteiger partial charge on any atom is -0.315 e. The van der Waals surface area contributed by atoms with Gasteiger partial charge in [0.1, 0.15) is 4.21 Å². The summed E-state index contributed by atoms with van der Waals surface area (Å²) in [5, 5.41) is 3.06. The maximum absolute atomic E-state index is 12.7. The third-order valence-corrected chi connectivity index (χ3v) is 7.54. The van der Waals surface area contributed by atoms with Crippen molar-refractivity contribution in [3.05, 3.63) is 17.0 Å². The minimum atomic E-state index is -3.30. The lowest BCUT2D eigenvalue weighted by atomic mass is 9.96. The van der Waals surface area contributed by atoms with Crippen molar-refractivity contribution in [2.24, 2.45) is 5.92 Å². The van der Waals surface area contributed by atoms with Crippen LogP contribution < -0.4 is 5.32 Å². The Labute approximate surface area is 132 Å². The van der Waals surface area contributed by atoms with Crippen LogP contribution in [0, 0.1) is 5.92 Å². The fourth-order valence-corrected chi connectivity index (χ4v) is 5.99. The lowest BCUT2D eigenvalue weighted by Gasteiger charge is -2.19. The molecule has 0 bridgehead atoms. The Bertz CT molecular complexity index is 540. The molecule has 1 atom stereocenters. The van der Waals surface area contributed by atoms with Gasteiger partial charge in [-0.25, -0.2) is 8.42 Å². The fourth-order valence-electron chi connectivity index (χ4n) is 2.97. The number of sulfonamides is 1. The zero-order valence-corrected chi connectivity index (χ0v) is 14.6. The molecule has 21 heavy (non-hydrogen) atoms.